The first-order valence-electron chi connectivity index (χ1n) is 14.2. The summed E-state index contributed by atoms with van der Waals surface area (Å²) in [6.45, 7) is -2.84. The summed E-state index contributed by atoms with van der Waals surface area (Å²) in [6, 6.07) is 24.6. The molecule has 0 bridgehead atoms. The van der Waals surface area contributed by atoms with E-state index in [1.165, 1.54) is 0 Å². The average molecular weight is 551 g/mol. The summed E-state index contributed by atoms with van der Waals surface area (Å²) in [5.41, 5.74) is -1.16. The largest absolute Gasteiger partial charge is 0.497 e. The summed E-state index contributed by atoms with van der Waals surface area (Å²) >= 11 is 0. The normalized spacial score (nSPS) is 20.4. The Kier molecular flexibility index (Phi) is 6.82. The lowest BCUT2D eigenvalue weighted by atomic mass is 9.80. The summed E-state index contributed by atoms with van der Waals surface area (Å²) in [4.78, 5) is 26.8. The van der Waals surface area contributed by atoms with Gasteiger partial charge in [-0.3, -0.25) is 14.3 Å². The maximum Gasteiger partial charge on any atom is 0.330 e. The number of nitrogens with zero attached hydrogens (tertiary/aromatic N) is 1. The maximum absolute atomic E-state index is 12.6. The molecule has 3 aromatic carbocycles. The third kappa shape index (κ3) is 5.19. The number of H-pyrrole nitrogens is 1. The van der Waals surface area contributed by atoms with Crippen molar-refractivity contribution >= 4 is 0 Å². The van der Waals surface area contributed by atoms with E-state index in [2.05, 4.69) is 0 Å². The van der Waals surface area contributed by atoms with Crippen LogP contribution < -0.4 is 20.7 Å². The minimum absolute atomic E-state index is 0.0240. The van der Waals surface area contributed by atoms with Crippen LogP contribution in [0.4, 0.5) is 0 Å². The van der Waals surface area contributed by atoms with Crippen LogP contribution >= 0.6 is 0 Å². The molecular weight excluding hydrogens is 512 g/mol. The Morgan fingerprint density at radius 1 is 0.950 bits per heavy atom. The molecule has 2 N–H and O–H groups in total. The number of ether oxygens (including phenoxy) is 4. The Bertz CT molecular complexity index is 1610. The molecule has 9 nitrogen and oxygen atoms in total. The first-order valence-corrected chi connectivity index (χ1v) is 12.7. The summed E-state index contributed by atoms with van der Waals surface area (Å²) in [7, 11) is 3.17. The van der Waals surface area contributed by atoms with Gasteiger partial charge in [-0.25, -0.2) is 4.79 Å². The first kappa shape index (κ1) is 23.7. The molecule has 5 rings (SSSR count). The maximum atomic E-state index is 12.6. The highest BCUT2D eigenvalue weighted by molar-refractivity contribution is 5.49. The van der Waals surface area contributed by atoms with Crippen LogP contribution in [0.2, 0.25) is 0 Å². The fourth-order valence-electron chi connectivity index (χ4n) is 5.02. The molecule has 40 heavy (non-hydrogen) atoms. The number of benzene rings is 3. The number of aliphatic hydroxyl groups is 1. The zero-order chi connectivity index (χ0) is 30.8. The van der Waals surface area contributed by atoms with Gasteiger partial charge >= 0.3 is 5.69 Å². The molecule has 1 aliphatic heterocycles. The van der Waals surface area contributed by atoms with Gasteiger partial charge in [0.2, 0.25) is 0 Å². The topological polar surface area (TPSA) is 112 Å². The van der Waals surface area contributed by atoms with E-state index >= 15 is 0 Å². The zero-order valence-corrected chi connectivity index (χ0v) is 22.1. The molecule has 208 valence electrons. The van der Waals surface area contributed by atoms with E-state index in [9.17, 15) is 14.7 Å². The van der Waals surface area contributed by atoms with Gasteiger partial charge in [0.1, 0.15) is 29.4 Å². The Morgan fingerprint density at radius 2 is 1.52 bits per heavy atom. The van der Waals surface area contributed by atoms with Crippen LogP contribution in [0.5, 0.6) is 11.5 Å². The van der Waals surface area contributed by atoms with E-state index < -0.39 is 47.7 Å². The number of aromatic amines is 1. The van der Waals surface area contributed by atoms with Gasteiger partial charge in [0.25, 0.3) is 5.56 Å². The average Bonchev–Trinajstić information content (AvgIpc) is 3.37. The SMILES string of the molecule is [3H]C([3H])([3H])c1cn([C@H]2C[C@H](O)[C@@H](COC(c3ccccc3)(c3ccc(OC)cc3)c3ccc(OC)cc3)O2)c(=O)[nH]c1=O. The van der Waals surface area contributed by atoms with E-state index in [1.54, 1.807) is 14.2 Å². The lowest BCUT2D eigenvalue weighted by molar-refractivity contribution is -0.0944. The molecule has 3 atom stereocenters. The summed E-state index contributed by atoms with van der Waals surface area (Å²) in [6.07, 6.45) is -2.02. The standard InChI is InChI=1S/C31H32N2O7/c1-20-18-33(30(36)32-29(20)35)28-17-26(34)27(40-28)19-39-31(21-7-5-4-6-8-21,22-9-13-24(37-2)14-10-22)23-11-15-25(38-3)16-12-23/h4-16,18,26-28,34H,17,19H2,1-3H3,(H,32,35,36)/t26-,27+,28+/m0/s1/i1T3. The zero-order valence-electron chi connectivity index (χ0n) is 25.1. The number of nitrogens with one attached hydrogen (secondary N) is 1. The number of aliphatic hydroxyl groups excluding tert-OH is 1. The second kappa shape index (κ2) is 11.5. The molecule has 4 aromatic rings. The van der Waals surface area contributed by atoms with Crippen molar-refractivity contribution in [2.75, 3.05) is 20.8 Å². The van der Waals surface area contributed by atoms with Crippen molar-refractivity contribution in [2.24, 2.45) is 0 Å². The monoisotopic (exact) mass is 550 g/mol. The van der Waals surface area contributed by atoms with Gasteiger partial charge in [0, 0.05) is 22.3 Å². The quantitative estimate of drug-likeness (QED) is 0.307. The molecule has 1 fully saturated rings. The van der Waals surface area contributed by atoms with Crippen LogP contribution in [-0.2, 0) is 15.1 Å². The first-order chi connectivity index (χ1) is 20.6. The van der Waals surface area contributed by atoms with Gasteiger partial charge in [0.05, 0.1) is 26.9 Å². The van der Waals surface area contributed by atoms with E-state index in [0.29, 0.717) is 11.5 Å². The summed E-state index contributed by atoms with van der Waals surface area (Å²) in [5.74, 6) is 1.33. The van der Waals surface area contributed by atoms with Crippen LogP contribution in [0.25, 0.3) is 0 Å². The molecule has 1 aromatic heterocycles. The minimum Gasteiger partial charge on any atom is -0.497 e. The van der Waals surface area contributed by atoms with Crippen molar-refractivity contribution in [1.82, 2.24) is 9.55 Å². The number of methoxy groups -OCH3 is 2. The third-order valence-corrected chi connectivity index (χ3v) is 7.12. The fraction of sp³-hybridized carbons (Fsp3) is 0.290. The lowest BCUT2D eigenvalue weighted by Crippen LogP contribution is -2.38. The van der Waals surface area contributed by atoms with Gasteiger partial charge in [-0.2, -0.15) is 0 Å². The van der Waals surface area contributed by atoms with E-state index in [-0.39, 0.29) is 13.0 Å². The summed E-state index contributed by atoms with van der Waals surface area (Å²) in [5, 5.41) is 11.0. The van der Waals surface area contributed by atoms with Crippen molar-refractivity contribution in [2.45, 2.75) is 37.3 Å². The molecule has 0 unspecified atom stereocenters. The van der Waals surface area contributed by atoms with Crippen LogP contribution in [0.1, 0.15) is 39.0 Å². The van der Waals surface area contributed by atoms with Crippen LogP contribution in [0, 0.1) is 6.85 Å². The summed E-state index contributed by atoms with van der Waals surface area (Å²) < 4.78 is 47.5. The van der Waals surface area contributed by atoms with Gasteiger partial charge in [-0.05, 0) is 47.8 Å². The minimum atomic E-state index is -2.74. The number of aryl methyl sites for hydroxylation is 1. The Balaban J connectivity index is 1.53. The van der Waals surface area contributed by atoms with Crippen molar-refractivity contribution in [3.8, 4) is 11.5 Å². The second-order valence-electron chi connectivity index (χ2n) is 9.46. The highest BCUT2D eigenvalue weighted by Crippen LogP contribution is 2.42. The Labute approximate surface area is 235 Å². The second-order valence-corrected chi connectivity index (χ2v) is 9.46. The van der Waals surface area contributed by atoms with Crippen molar-refractivity contribution in [3.05, 3.63) is 128 Å². The third-order valence-electron chi connectivity index (χ3n) is 7.12. The molecule has 1 saturated heterocycles. The molecule has 2 heterocycles. The molecule has 0 aliphatic carbocycles. The number of hydrogen-bond donors (Lipinski definition) is 2. The fourth-order valence-corrected chi connectivity index (χ4v) is 5.02. The molecule has 1 aliphatic rings. The van der Waals surface area contributed by atoms with Crippen LogP contribution in [-0.4, -0.2) is 47.7 Å². The van der Waals surface area contributed by atoms with Crippen molar-refractivity contribution in [3.63, 3.8) is 0 Å². The van der Waals surface area contributed by atoms with E-state index in [1.807, 2.05) is 83.8 Å². The van der Waals surface area contributed by atoms with Crippen LogP contribution in [0.3, 0.4) is 0 Å². The molecule has 9 heteroatoms. The molecular formula is C31H32N2O7. The predicted octanol–water partition coefficient (Wildman–Crippen LogP) is 3.52. The molecule has 0 spiro atoms. The number of rotatable bonds is 9. The highest BCUT2D eigenvalue weighted by atomic mass is 16.6. The highest BCUT2D eigenvalue weighted by Gasteiger charge is 2.42. The van der Waals surface area contributed by atoms with Gasteiger partial charge < -0.3 is 24.1 Å². The van der Waals surface area contributed by atoms with Crippen LogP contribution in [0.15, 0.2) is 94.6 Å². The van der Waals surface area contributed by atoms with Crippen molar-refractivity contribution < 1.29 is 28.2 Å². The van der Waals surface area contributed by atoms with Gasteiger partial charge in [0.15, 0.2) is 0 Å². The van der Waals surface area contributed by atoms with Gasteiger partial charge in [-0.1, -0.05) is 54.6 Å². The molecule has 0 radical (unpaired) electrons. The molecule has 0 saturated carbocycles. The van der Waals surface area contributed by atoms with E-state index in [0.717, 1.165) is 27.5 Å². The Morgan fingerprint density at radius 3 is 2.08 bits per heavy atom. The van der Waals surface area contributed by atoms with E-state index in [4.69, 9.17) is 23.1 Å². The number of hydrogen-bond acceptors (Lipinski definition) is 7. The predicted molar refractivity (Wildman–Crippen MR) is 149 cm³/mol. The smallest absolute Gasteiger partial charge is 0.330 e. The molecule has 0 amide bonds. The van der Waals surface area contributed by atoms with Gasteiger partial charge in [-0.15, -0.1) is 0 Å². The van der Waals surface area contributed by atoms with Crippen molar-refractivity contribution in [1.29, 1.82) is 0 Å². The Hall–Kier alpha value is -4.18. The lowest BCUT2D eigenvalue weighted by Gasteiger charge is -2.37. The number of aromatic nitrogens is 2.